The molecule has 0 spiro atoms. The minimum atomic E-state index is -0.303. The second-order valence-electron chi connectivity index (χ2n) is 6.51. The predicted molar refractivity (Wildman–Crippen MR) is 105 cm³/mol. The summed E-state index contributed by atoms with van der Waals surface area (Å²) in [4.78, 5) is 24.3. The second-order valence-corrected chi connectivity index (χ2v) is 6.51. The molecule has 0 unspecified atom stereocenters. The molecule has 0 saturated carbocycles. The molecule has 8 heteroatoms. The lowest BCUT2D eigenvalue weighted by Gasteiger charge is -2.17. The second kappa shape index (κ2) is 8.50. The molecule has 2 aromatic rings. The zero-order valence-corrected chi connectivity index (χ0v) is 15.2. The Bertz CT molecular complexity index is 814. The molecule has 3 rings (SSSR count). The summed E-state index contributed by atoms with van der Waals surface area (Å²) in [5.41, 5.74) is 2.40. The van der Waals surface area contributed by atoms with E-state index in [1.165, 1.54) is 0 Å². The number of carbonyl (C=O) groups excluding carboxylic acids is 2. The summed E-state index contributed by atoms with van der Waals surface area (Å²) < 4.78 is 1.75. The molecule has 0 bridgehead atoms. The number of hydrogen-bond acceptors (Lipinski definition) is 4. The number of nitrogens with one attached hydrogen (secondary N) is 4. The van der Waals surface area contributed by atoms with Gasteiger partial charge in [-0.2, -0.15) is 5.10 Å². The lowest BCUT2D eigenvalue weighted by atomic mass is 9.90. The third-order valence-corrected chi connectivity index (χ3v) is 4.52. The van der Waals surface area contributed by atoms with E-state index in [2.05, 4.69) is 32.9 Å². The molecule has 1 aromatic carbocycles. The van der Waals surface area contributed by atoms with Gasteiger partial charge in [0.2, 0.25) is 5.91 Å². The highest BCUT2D eigenvalue weighted by atomic mass is 16.2. The van der Waals surface area contributed by atoms with Crippen molar-refractivity contribution < 1.29 is 9.59 Å². The van der Waals surface area contributed by atoms with Crippen molar-refractivity contribution in [3.8, 4) is 0 Å². The summed E-state index contributed by atoms with van der Waals surface area (Å²) in [5, 5.41) is 15.8. The van der Waals surface area contributed by atoms with Crippen molar-refractivity contribution in [1.29, 1.82) is 0 Å². The van der Waals surface area contributed by atoms with E-state index in [0.717, 1.165) is 12.1 Å². The van der Waals surface area contributed by atoms with Crippen LogP contribution in [-0.2, 0) is 11.8 Å². The van der Waals surface area contributed by atoms with Crippen LogP contribution >= 0.6 is 0 Å². The molecule has 2 heterocycles. The fourth-order valence-electron chi connectivity index (χ4n) is 3.15. The Morgan fingerprint density at radius 1 is 1.26 bits per heavy atom. The van der Waals surface area contributed by atoms with E-state index in [4.69, 9.17) is 0 Å². The molecule has 4 N–H and O–H groups in total. The van der Waals surface area contributed by atoms with Crippen molar-refractivity contribution in [3.05, 3.63) is 54.9 Å². The van der Waals surface area contributed by atoms with E-state index in [1.54, 1.807) is 35.0 Å². The van der Waals surface area contributed by atoms with E-state index >= 15 is 0 Å². The Kier molecular flexibility index (Phi) is 5.87. The van der Waals surface area contributed by atoms with Gasteiger partial charge in [0, 0.05) is 50.2 Å². The number of nitrogens with zero attached hydrogens (tertiary/aromatic N) is 2. The van der Waals surface area contributed by atoms with Gasteiger partial charge < -0.3 is 21.3 Å². The van der Waals surface area contributed by atoms with E-state index in [0.29, 0.717) is 24.5 Å². The molecule has 1 aliphatic heterocycles. The van der Waals surface area contributed by atoms with Crippen molar-refractivity contribution >= 4 is 23.3 Å². The zero-order valence-electron chi connectivity index (χ0n) is 15.2. The molecule has 27 heavy (non-hydrogen) atoms. The summed E-state index contributed by atoms with van der Waals surface area (Å²) in [6.45, 7) is 5.33. The van der Waals surface area contributed by atoms with Crippen LogP contribution in [0.2, 0.25) is 0 Å². The van der Waals surface area contributed by atoms with Crippen LogP contribution < -0.4 is 21.3 Å². The van der Waals surface area contributed by atoms with Gasteiger partial charge in [-0.05, 0) is 29.8 Å². The average molecular weight is 368 g/mol. The number of anilines is 2. The Balaban J connectivity index is 1.58. The lowest BCUT2D eigenvalue weighted by molar-refractivity contribution is -0.119. The van der Waals surface area contributed by atoms with Gasteiger partial charge in [0.1, 0.15) is 0 Å². The van der Waals surface area contributed by atoms with Gasteiger partial charge in [-0.25, -0.2) is 4.79 Å². The molecule has 1 fully saturated rings. The highest BCUT2D eigenvalue weighted by Crippen LogP contribution is 2.29. The third kappa shape index (κ3) is 4.73. The molecule has 2 atom stereocenters. The SMILES string of the molecule is C=CCNC(=O)Nc1ccc(NC(=O)[C@H]2CNC[C@@H]2c2cnn(C)c2)cc1. The number of urea groups is 1. The van der Waals surface area contributed by atoms with E-state index in [-0.39, 0.29) is 23.8 Å². The number of amides is 3. The quantitative estimate of drug-likeness (QED) is 0.583. The molecule has 142 valence electrons. The highest BCUT2D eigenvalue weighted by Gasteiger charge is 2.34. The molecule has 1 aliphatic rings. The Morgan fingerprint density at radius 3 is 2.59 bits per heavy atom. The fourth-order valence-corrected chi connectivity index (χ4v) is 3.15. The highest BCUT2D eigenvalue weighted by molar-refractivity contribution is 5.94. The van der Waals surface area contributed by atoms with Crippen molar-refractivity contribution in [3.63, 3.8) is 0 Å². The minimum Gasteiger partial charge on any atom is -0.334 e. The topological polar surface area (TPSA) is 100 Å². The predicted octanol–water partition coefficient (Wildman–Crippen LogP) is 1.67. The van der Waals surface area contributed by atoms with Gasteiger partial charge in [-0.3, -0.25) is 9.48 Å². The van der Waals surface area contributed by atoms with Crippen LogP contribution in [0.1, 0.15) is 11.5 Å². The molecule has 3 amide bonds. The maximum atomic E-state index is 12.7. The van der Waals surface area contributed by atoms with Crippen LogP contribution in [0.5, 0.6) is 0 Å². The first kappa shape index (κ1) is 18.7. The Labute approximate surface area is 158 Å². The standard InChI is InChI=1S/C19H24N6O2/c1-3-8-21-19(27)24-15-6-4-14(5-7-15)23-18(26)17-11-20-10-16(17)13-9-22-25(2)12-13/h3-7,9,12,16-17,20H,1,8,10-11H2,2H3,(H,23,26)(H2,21,24,27)/t16-,17+/m1/s1. The molecular formula is C19H24N6O2. The van der Waals surface area contributed by atoms with Gasteiger partial charge in [-0.15, -0.1) is 6.58 Å². The third-order valence-electron chi connectivity index (χ3n) is 4.52. The number of benzene rings is 1. The number of aryl methyl sites for hydroxylation is 1. The minimum absolute atomic E-state index is 0.0294. The molecule has 0 aliphatic carbocycles. The van der Waals surface area contributed by atoms with Crippen LogP contribution in [-0.4, -0.2) is 41.4 Å². The number of hydrogen-bond donors (Lipinski definition) is 4. The van der Waals surface area contributed by atoms with Crippen LogP contribution in [0.15, 0.2) is 49.3 Å². The number of aromatic nitrogens is 2. The fraction of sp³-hybridized carbons (Fsp3) is 0.316. The Hall–Kier alpha value is -3.13. The van der Waals surface area contributed by atoms with Gasteiger partial charge >= 0.3 is 6.03 Å². The van der Waals surface area contributed by atoms with Crippen LogP contribution in [0.3, 0.4) is 0 Å². The summed E-state index contributed by atoms with van der Waals surface area (Å²) in [5.74, 6) is -0.0804. The number of carbonyl (C=O) groups is 2. The Morgan fingerprint density at radius 2 is 1.96 bits per heavy atom. The van der Waals surface area contributed by atoms with Crippen molar-refractivity contribution in [2.75, 3.05) is 30.3 Å². The van der Waals surface area contributed by atoms with Gasteiger partial charge in [0.05, 0.1) is 12.1 Å². The van der Waals surface area contributed by atoms with Crippen molar-refractivity contribution in [1.82, 2.24) is 20.4 Å². The van der Waals surface area contributed by atoms with Crippen LogP contribution in [0.25, 0.3) is 0 Å². The average Bonchev–Trinajstić information content (AvgIpc) is 3.30. The monoisotopic (exact) mass is 368 g/mol. The molecule has 0 radical (unpaired) electrons. The summed E-state index contributed by atoms with van der Waals surface area (Å²) >= 11 is 0. The summed E-state index contributed by atoms with van der Waals surface area (Å²) in [6.07, 6.45) is 5.38. The summed E-state index contributed by atoms with van der Waals surface area (Å²) in [7, 11) is 1.87. The van der Waals surface area contributed by atoms with Crippen molar-refractivity contribution in [2.24, 2.45) is 13.0 Å². The van der Waals surface area contributed by atoms with Crippen molar-refractivity contribution in [2.45, 2.75) is 5.92 Å². The zero-order chi connectivity index (χ0) is 19.2. The maximum absolute atomic E-state index is 12.7. The van der Waals surface area contributed by atoms with Gasteiger partial charge in [0.25, 0.3) is 0 Å². The first-order chi connectivity index (χ1) is 13.1. The first-order valence-corrected chi connectivity index (χ1v) is 8.82. The van der Waals surface area contributed by atoms with E-state index in [9.17, 15) is 9.59 Å². The number of rotatable bonds is 6. The summed E-state index contributed by atoms with van der Waals surface area (Å²) in [6, 6.07) is 6.72. The largest absolute Gasteiger partial charge is 0.334 e. The maximum Gasteiger partial charge on any atom is 0.319 e. The smallest absolute Gasteiger partial charge is 0.319 e. The molecule has 1 saturated heterocycles. The van der Waals surface area contributed by atoms with Gasteiger partial charge in [-0.1, -0.05) is 6.08 Å². The lowest BCUT2D eigenvalue weighted by Crippen LogP contribution is -2.29. The first-order valence-electron chi connectivity index (χ1n) is 8.82. The van der Waals surface area contributed by atoms with E-state index in [1.807, 2.05) is 19.4 Å². The van der Waals surface area contributed by atoms with Crippen LogP contribution in [0, 0.1) is 5.92 Å². The van der Waals surface area contributed by atoms with Gasteiger partial charge in [0.15, 0.2) is 0 Å². The molecule has 8 nitrogen and oxygen atoms in total. The normalized spacial score (nSPS) is 18.7. The van der Waals surface area contributed by atoms with Crippen LogP contribution in [0.4, 0.5) is 16.2 Å². The molecular weight excluding hydrogens is 344 g/mol. The van der Waals surface area contributed by atoms with E-state index < -0.39 is 0 Å². The molecule has 1 aromatic heterocycles.